The van der Waals surface area contributed by atoms with Crippen LogP contribution in [0.3, 0.4) is 0 Å². The van der Waals surface area contributed by atoms with E-state index in [1.54, 1.807) is 6.20 Å². The molecule has 0 spiro atoms. The van der Waals surface area contributed by atoms with Gasteiger partial charge in [-0.15, -0.1) is 0 Å². The lowest BCUT2D eigenvalue weighted by molar-refractivity contribution is 0.204. The van der Waals surface area contributed by atoms with E-state index in [0.717, 1.165) is 18.3 Å². The van der Waals surface area contributed by atoms with Crippen LogP contribution < -0.4 is 11.3 Å². The van der Waals surface area contributed by atoms with Gasteiger partial charge in [0.2, 0.25) is 0 Å². The summed E-state index contributed by atoms with van der Waals surface area (Å²) in [6.45, 7) is 6.60. The molecule has 0 amide bonds. The summed E-state index contributed by atoms with van der Waals surface area (Å²) < 4.78 is 0. The van der Waals surface area contributed by atoms with Gasteiger partial charge in [0.1, 0.15) is 5.82 Å². The summed E-state index contributed by atoms with van der Waals surface area (Å²) >= 11 is 0. The molecular formula is C13H22N4. The van der Waals surface area contributed by atoms with Crippen LogP contribution in [0.4, 0.5) is 5.82 Å². The van der Waals surface area contributed by atoms with E-state index in [4.69, 9.17) is 5.84 Å². The molecular weight excluding hydrogens is 212 g/mol. The Morgan fingerprint density at radius 3 is 2.88 bits per heavy atom. The summed E-state index contributed by atoms with van der Waals surface area (Å²) in [6, 6.07) is 4.61. The number of rotatable bonds is 6. The molecule has 17 heavy (non-hydrogen) atoms. The summed E-state index contributed by atoms with van der Waals surface area (Å²) in [5.74, 6) is 7.18. The topological polar surface area (TPSA) is 54.2 Å². The number of nitrogens with one attached hydrogen (secondary N) is 1. The van der Waals surface area contributed by atoms with Gasteiger partial charge in [0, 0.05) is 30.9 Å². The van der Waals surface area contributed by atoms with Crippen LogP contribution in [-0.2, 0) is 6.54 Å². The summed E-state index contributed by atoms with van der Waals surface area (Å²) in [7, 11) is 0. The molecule has 0 bridgehead atoms. The maximum Gasteiger partial charge on any atom is 0.144 e. The van der Waals surface area contributed by atoms with Crippen molar-refractivity contribution in [3.8, 4) is 0 Å². The Balaban J connectivity index is 2.04. The van der Waals surface area contributed by atoms with E-state index in [9.17, 15) is 0 Å². The van der Waals surface area contributed by atoms with Crippen LogP contribution in [0.1, 0.15) is 32.3 Å². The molecule has 4 heteroatoms. The smallest absolute Gasteiger partial charge is 0.144 e. The molecule has 0 radical (unpaired) electrons. The van der Waals surface area contributed by atoms with Crippen molar-refractivity contribution in [2.75, 3.05) is 12.0 Å². The molecule has 1 saturated carbocycles. The quantitative estimate of drug-likeness (QED) is 0.584. The van der Waals surface area contributed by atoms with Gasteiger partial charge in [0.05, 0.1) is 0 Å². The van der Waals surface area contributed by atoms with E-state index in [1.807, 2.05) is 6.07 Å². The molecule has 1 aromatic rings. The highest BCUT2D eigenvalue weighted by Crippen LogP contribution is 2.31. The molecule has 1 aliphatic carbocycles. The zero-order valence-electron chi connectivity index (χ0n) is 10.7. The largest absolute Gasteiger partial charge is 0.308 e. The molecule has 3 N–H and O–H groups in total. The van der Waals surface area contributed by atoms with Crippen LogP contribution in [0.15, 0.2) is 18.3 Å². The Bertz CT molecular complexity index is 360. The lowest BCUT2D eigenvalue weighted by Gasteiger charge is -2.27. The van der Waals surface area contributed by atoms with Gasteiger partial charge >= 0.3 is 0 Å². The zero-order chi connectivity index (χ0) is 12.3. The molecule has 0 aromatic carbocycles. The molecule has 0 aliphatic heterocycles. The first-order valence-electron chi connectivity index (χ1n) is 6.35. The fourth-order valence-electron chi connectivity index (χ4n) is 2.00. The normalized spacial score (nSPS) is 15.6. The number of hydrogen-bond acceptors (Lipinski definition) is 4. The molecule has 1 aliphatic rings. The van der Waals surface area contributed by atoms with Crippen LogP contribution in [0, 0.1) is 5.92 Å². The predicted octanol–water partition coefficient (Wildman–Crippen LogP) is 1.99. The Labute approximate surface area is 103 Å². The second-order valence-electron chi connectivity index (χ2n) is 5.12. The third-order valence-corrected chi connectivity index (χ3v) is 3.32. The van der Waals surface area contributed by atoms with Crippen molar-refractivity contribution >= 4 is 5.82 Å². The Morgan fingerprint density at radius 2 is 2.29 bits per heavy atom. The van der Waals surface area contributed by atoms with Crippen LogP contribution in [-0.4, -0.2) is 22.5 Å². The average Bonchev–Trinajstić information content (AvgIpc) is 3.12. The lowest BCUT2D eigenvalue weighted by Crippen LogP contribution is -2.32. The first-order valence-corrected chi connectivity index (χ1v) is 6.35. The molecule has 2 rings (SSSR count). The van der Waals surface area contributed by atoms with Gasteiger partial charge in [0.15, 0.2) is 0 Å². The van der Waals surface area contributed by atoms with Crippen molar-refractivity contribution in [1.29, 1.82) is 0 Å². The van der Waals surface area contributed by atoms with Crippen molar-refractivity contribution in [2.45, 2.75) is 39.3 Å². The summed E-state index contributed by atoms with van der Waals surface area (Å²) in [4.78, 5) is 6.74. The number of aromatic nitrogens is 1. The Morgan fingerprint density at radius 1 is 1.53 bits per heavy atom. The molecule has 0 atom stereocenters. The van der Waals surface area contributed by atoms with E-state index in [2.05, 4.69) is 35.2 Å². The SMILES string of the molecule is CC(C)N(Cc1cccnc1NN)CC1CC1. The average molecular weight is 234 g/mol. The van der Waals surface area contributed by atoms with Gasteiger partial charge in [-0.25, -0.2) is 10.8 Å². The monoisotopic (exact) mass is 234 g/mol. The first-order chi connectivity index (χ1) is 8.20. The third kappa shape index (κ3) is 3.41. The summed E-state index contributed by atoms with van der Waals surface area (Å²) in [6.07, 6.45) is 4.54. The lowest BCUT2D eigenvalue weighted by atomic mass is 10.2. The molecule has 94 valence electrons. The van der Waals surface area contributed by atoms with E-state index in [-0.39, 0.29) is 0 Å². The van der Waals surface area contributed by atoms with Crippen LogP contribution in [0.5, 0.6) is 0 Å². The molecule has 1 heterocycles. The number of pyridine rings is 1. The van der Waals surface area contributed by atoms with Gasteiger partial charge in [-0.1, -0.05) is 6.07 Å². The fraction of sp³-hybridized carbons (Fsp3) is 0.615. The second kappa shape index (κ2) is 5.47. The molecule has 0 unspecified atom stereocenters. The maximum absolute atomic E-state index is 5.49. The predicted molar refractivity (Wildman–Crippen MR) is 70.3 cm³/mol. The van der Waals surface area contributed by atoms with E-state index >= 15 is 0 Å². The number of nitrogens with zero attached hydrogens (tertiary/aromatic N) is 2. The molecule has 1 aromatic heterocycles. The van der Waals surface area contributed by atoms with E-state index in [1.165, 1.54) is 24.9 Å². The Hall–Kier alpha value is -1.13. The van der Waals surface area contributed by atoms with E-state index in [0.29, 0.717) is 6.04 Å². The minimum atomic E-state index is 0.557. The Kier molecular flexibility index (Phi) is 3.97. The van der Waals surface area contributed by atoms with Gasteiger partial charge in [0.25, 0.3) is 0 Å². The second-order valence-corrected chi connectivity index (χ2v) is 5.12. The van der Waals surface area contributed by atoms with Gasteiger partial charge in [-0.2, -0.15) is 0 Å². The molecule has 4 nitrogen and oxygen atoms in total. The van der Waals surface area contributed by atoms with Gasteiger partial charge < -0.3 is 5.43 Å². The van der Waals surface area contributed by atoms with Gasteiger partial charge in [-0.3, -0.25) is 4.90 Å². The third-order valence-electron chi connectivity index (χ3n) is 3.32. The van der Waals surface area contributed by atoms with E-state index < -0.39 is 0 Å². The van der Waals surface area contributed by atoms with Gasteiger partial charge in [-0.05, 0) is 38.7 Å². The zero-order valence-corrected chi connectivity index (χ0v) is 10.7. The fourth-order valence-corrected chi connectivity index (χ4v) is 2.00. The highest BCUT2D eigenvalue weighted by atomic mass is 15.3. The highest BCUT2D eigenvalue weighted by molar-refractivity contribution is 5.42. The number of hydrazine groups is 1. The van der Waals surface area contributed by atoms with Crippen molar-refractivity contribution < 1.29 is 0 Å². The van der Waals surface area contributed by atoms with Crippen molar-refractivity contribution in [3.05, 3.63) is 23.9 Å². The summed E-state index contributed by atoms with van der Waals surface area (Å²) in [5.41, 5.74) is 3.84. The number of nitrogens with two attached hydrogens (primary N) is 1. The summed E-state index contributed by atoms with van der Waals surface area (Å²) in [5, 5.41) is 0. The minimum absolute atomic E-state index is 0.557. The molecule has 1 fully saturated rings. The number of nitrogen functional groups attached to an aromatic ring is 1. The van der Waals surface area contributed by atoms with Crippen molar-refractivity contribution in [3.63, 3.8) is 0 Å². The molecule has 0 saturated heterocycles. The van der Waals surface area contributed by atoms with Crippen molar-refractivity contribution in [2.24, 2.45) is 11.8 Å². The van der Waals surface area contributed by atoms with Crippen LogP contribution in [0.2, 0.25) is 0 Å². The number of hydrogen-bond donors (Lipinski definition) is 2. The van der Waals surface area contributed by atoms with Crippen molar-refractivity contribution in [1.82, 2.24) is 9.88 Å². The maximum atomic E-state index is 5.49. The first kappa shape index (κ1) is 12.3. The minimum Gasteiger partial charge on any atom is -0.308 e. The standard InChI is InChI=1S/C13H22N4/c1-10(2)17(8-11-5-6-11)9-12-4-3-7-15-13(12)16-14/h3-4,7,10-11H,5-6,8-9,14H2,1-2H3,(H,15,16). The van der Waals surface area contributed by atoms with Crippen LogP contribution >= 0.6 is 0 Å². The number of anilines is 1. The van der Waals surface area contributed by atoms with Crippen LogP contribution in [0.25, 0.3) is 0 Å². The highest BCUT2D eigenvalue weighted by Gasteiger charge is 2.25.